The summed E-state index contributed by atoms with van der Waals surface area (Å²) in [5, 5.41) is 13.4. The first-order valence-electron chi connectivity index (χ1n) is 8.24. The molecule has 3 rings (SSSR count). The second-order valence-corrected chi connectivity index (χ2v) is 6.21. The van der Waals surface area contributed by atoms with Crippen LogP contribution in [-0.2, 0) is 14.3 Å². The fourth-order valence-electron chi connectivity index (χ4n) is 3.12. The Morgan fingerprint density at radius 2 is 2.35 bits per heavy atom. The molecule has 1 aliphatic rings. The first-order chi connectivity index (χ1) is 12.4. The Hall–Kier alpha value is -2.50. The minimum atomic E-state index is -0.974. The van der Waals surface area contributed by atoms with Gasteiger partial charge in [-0.1, -0.05) is 0 Å². The van der Waals surface area contributed by atoms with Gasteiger partial charge in [-0.25, -0.2) is 4.98 Å². The highest BCUT2D eigenvalue weighted by atomic mass is 16.5. The van der Waals surface area contributed by atoms with Crippen molar-refractivity contribution in [2.75, 3.05) is 26.0 Å². The number of amides is 1. The largest absolute Gasteiger partial charge is 0.388 e. The zero-order chi connectivity index (χ0) is 18.8. The Kier molecular flexibility index (Phi) is 5.20. The number of carbonyl (C=O) groups excluding carboxylic acids is 1. The molecular weight excluding hydrogens is 344 g/mol. The number of aromatic amines is 1. The molecule has 26 heavy (non-hydrogen) atoms. The number of fused-ring (bicyclic) bond motifs is 1. The normalized spacial score (nSPS) is 25.7. The summed E-state index contributed by atoms with van der Waals surface area (Å²) in [7, 11) is 1.55. The number of nitrogens with one attached hydrogen (secondary N) is 2. The van der Waals surface area contributed by atoms with Crippen LogP contribution in [0, 0.1) is 5.92 Å². The van der Waals surface area contributed by atoms with E-state index in [2.05, 4.69) is 20.3 Å². The van der Waals surface area contributed by atoms with E-state index in [1.165, 1.54) is 10.9 Å². The van der Waals surface area contributed by atoms with Gasteiger partial charge in [-0.05, 0) is 6.92 Å². The van der Waals surface area contributed by atoms with E-state index in [-0.39, 0.29) is 35.5 Å². The molecule has 5 N–H and O–H groups in total. The van der Waals surface area contributed by atoms with Gasteiger partial charge >= 0.3 is 0 Å². The van der Waals surface area contributed by atoms with Gasteiger partial charge in [0.25, 0.3) is 5.56 Å². The van der Waals surface area contributed by atoms with Gasteiger partial charge in [0, 0.05) is 26.0 Å². The highest BCUT2D eigenvalue weighted by molar-refractivity contribution is 5.76. The SMILES string of the molecule is COCCNC(=O)C[C@@H]1[C@@H](C)OC(n2cnc3c(=O)[nH]c(N)nc32)[C@@H]1O. The zero-order valence-corrected chi connectivity index (χ0v) is 14.5. The number of anilines is 1. The average molecular weight is 366 g/mol. The molecule has 142 valence electrons. The van der Waals surface area contributed by atoms with E-state index < -0.39 is 23.8 Å². The van der Waals surface area contributed by atoms with Crippen LogP contribution in [0.3, 0.4) is 0 Å². The Morgan fingerprint density at radius 3 is 3.08 bits per heavy atom. The van der Waals surface area contributed by atoms with Crippen molar-refractivity contribution in [3.63, 3.8) is 0 Å². The summed E-state index contributed by atoms with van der Waals surface area (Å²) in [4.78, 5) is 34.4. The molecule has 11 heteroatoms. The number of aliphatic hydroxyl groups excluding tert-OH is 1. The van der Waals surface area contributed by atoms with E-state index in [4.69, 9.17) is 15.2 Å². The summed E-state index contributed by atoms with van der Waals surface area (Å²) in [6.07, 6.45) is -0.697. The van der Waals surface area contributed by atoms with Crippen LogP contribution in [0.25, 0.3) is 11.2 Å². The number of carbonyl (C=O) groups is 1. The molecule has 0 aliphatic carbocycles. The van der Waals surface area contributed by atoms with Crippen molar-refractivity contribution in [2.45, 2.75) is 31.8 Å². The fraction of sp³-hybridized carbons (Fsp3) is 0.600. The van der Waals surface area contributed by atoms with E-state index in [1.807, 2.05) is 0 Å². The number of aliphatic hydroxyl groups is 1. The number of rotatable bonds is 6. The van der Waals surface area contributed by atoms with E-state index in [9.17, 15) is 14.7 Å². The molecule has 2 aromatic rings. The maximum absolute atomic E-state index is 12.0. The van der Waals surface area contributed by atoms with Gasteiger partial charge in [0.15, 0.2) is 17.4 Å². The molecular formula is C15H22N6O5. The predicted octanol–water partition coefficient (Wildman–Crippen LogP) is -1.25. The smallest absolute Gasteiger partial charge is 0.280 e. The van der Waals surface area contributed by atoms with Crippen LogP contribution in [-0.4, -0.2) is 63.0 Å². The van der Waals surface area contributed by atoms with Crippen LogP contribution >= 0.6 is 0 Å². The summed E-state index contributed by atoms with van der Waals surface area (Å²) in [5.41, 5.74) is 5.43. The van der Waals surface area contributed by atoms with Crippen molar-refractivity contribution >= 4 is 23.0 Å². The maximum atomic E-state index is 12.0. The molecule has 0 radical (unpaired) electrons. The van der Waals surface area contributed by atoms with E-state index >= 15 is 0 Å². The quantitative estimate of drug-likeness (QED) is 0.462. The van der Waals surface area contributed by atoms with E-state index in [0.29, 0.717) is 13.2 Å². The van der Waals surface area contributed by atoms with Crippen molar-refractivity contribution in [3.8, 4) is 0 Å². The molecule has 0 aromatic carbocycles. The first-order valence-corrected chi connectivity index (χ1v) is 8.24. The molecule has 1 aliphatic heterocycles. The molecule has 1 fully saturated rings. The molecule has 4 atom stereocenters. The molecule has 1 saturated heterocycles. The van der Waals surface area contributed by atoms with Crippen LogP contribution in [0.4, 0.5) is 5.95 Å². The summed E-state index contributed by atoms with van der Waals surface area (Å²) in [6.45, 7) is 2.59. The molecule has 3 heterocycles. The van der Waals surface area contributed by atoms with Crippen LogP contribution < -0.4 is 16.6 Å². The number of nitrogen functional groups attached to an aromatic ring is 1. The molecule has 1 amide bonds. The average Bonchev–Trinajstić information content (AvgIpc) is 3.11. The number of H-pyrrole nitrogens is 1. The minimum Gasteiger partial charge on any atom is -0.388 e. The Balaban J connectivity index is 1.79. The van der Waals surface area contributed by atoms with E-state index in [1.54, 1.807) is 14.0 Å². The number of hydrogen-bond donors (Lipinski definition) is 4. The standard InChI is InChI=1S/C15H22N6O5/c1-7-8(5-9(22)17-3-4-25-2)11(23)14(26-7)21-6-18-10-12(21)19-15(16)20-13(10)24/h6-8,11,14,23H,3-5H2,1-2H3,(H,17,22)(H3,16,19,20,24)/t7-,8-,11-,14?/m1/s1. The Bertz CT molecular complexity index is 849. The number of aromatic nitrogens is 4. The molecule has 1 unspecified atom stereocenters. The number of hydrogen-bond acceptors (Lipinski definition) is 8. The highest BCUT2D eigenvalue weighted by Gasteiger charge is 2.43. The lowest BCUT2D eigenvalue weighted by molar-refractivity contribution is -0.123. The lowest BCUT2D eigenvalue weighted by Gasteiger charge is -2.19. The second kappa shape index (κ2) is 7.40. The predicted molar refractivity (Wildman–Crippen MR) is 91.1 cm³/mol. The summed E-state index contributed by atoms with van der Waals surface area (Å²) in [5.74, 6) is -0.672. The van der Waals surface area contributed by atoms with Gasteiger partial charge in [0.2, 0.25) is 11.9 Å². The van der Waals surface area contributed by atoms with Crippen molar-refractivity contribution < 1.29 is 19.4 Å². The molecule has 11 nitrogen and oxygen atoms in total. The van der Waals surface area contributed by atoms with Gasteiger partial charge in [-0.2, -0.15) is 4.98 Å². The Morgan fingerprint density at radius 1 is 1.58 bits per heavy atom. The van der Waals surface area contributed by atoms with Gasteiger partial charge in [-0.15, -0.1) is 0 Å². The number of imidazole rings is 1. The monoisotopic (exact) mass is 366 g/mol. The van der Waals surface area contributed by atoms with E-state index in [0.717, 1.165) is 0 Å². The second-order valence-electron chi connectivity index (χ2n) is 6.21. The van der Waals surface area contributed by atoms with Gasteiger partial charge < -0.3 is 25.6 Å². The minimum absolute atomic E-state index is 0.0566. The molecule has 2 aromatic heterocycles. The topological polar surface area (TPSA) is 157 Å². The molecule has 0 bridgehead atoms. The first kappa shape index (κ1) is 18.3. The molecule has 0 saturated carbocycles. The van der Waals surface area contributed by atoms with Crippen LogP contribution in [0.5, 0.6) is 0 Å². The fourth-order valence-corrected chi connectivity index (χ4v) is 3.12. The lowest BCUT2D eigenvalue weighted by Crippen LogP contribution is -2.34. The van der Waals surface area contributed by atoms with Crippen molar-refractivity contribution in [1.29, 1.82) is 0 Å². The third-order valence-corrected chi connectivity index (χ3v) is 4.46. The third kappa shape index (κ3) is 3.41. The summed E-state index contributed by atoms with van der Waals surface area (Å²) in [6, 6.07) is 0. The Labute approximate surface area is 148 Å². The maximum Gasteiger partial charge on any atom is 0.280 e. The summed E-state index contributed by atoms with van der Waals surface area (Å²) < 4.78 is 12.2. The number of methoxy groups -OCH3 is 1. The number of nitrogens with two attached hydrogens (primary N) is 1. The van der Waals surface area contributed by atoms with Gasteiger partial charge in [-0.3, -0.25) is 19.1 Å². The third-order valence-electron chi connectivity index (χ3n) is 4.46. The lowest BCUT2D eigenvalue weighted by atomic mass is 9.94. The summed E-state index contributed by atoms with van der Waals surface area (Å²) >= 11 is 0. The van der Waals surface area contributed by atoms with Gasteiger partial charge in [0.05, 0.1) is 19.0 Å². The van der Waals surface area contributed by atoms with Crippen LogP contribution in [0.15, 0.2) is 11.1 Å². The number of nitrogens with zero attached hydrogens (tertiary/aromatic N) is 3. The van der Waals surface area contributed by atoms with Crippen molar-refractivity contribution in [2.24, 2.45) is 5.92 Å². The number of ether oxygens (including phenoxy) is 2. The van der Waals surface area contributed by atoms with Crippen molar-refractivity contribution in [1.82, 2.24) is 24.8 Å². The van der Waals surface area contributed by atoms with Crippen LogP contribution in [0.1, 0.15) is 19.6 Å². The zero-order valence-electron chi connectivity index (χ0n) is 14.5. The van der Waals surface area contributed by atoms with Gasteiger partial charge in [0.1, 0.15) is 6.10 Å². The molecule has 0 spiro atoms. The highest BCUT2D eigenvalue weighted by Crippen LogP contribution is 2.36. The van der Waals surface area contributed by atoms with Crippen LogP contribution in [0.2, 0.25) is 0 Å². The van der Waals surface area contributed by atoms with Crippen molar-refractivity contribution in [3.05, 3.63) is 16.7 Å².